The van der Waals surface area contributed by atoms with E-state index in [0.29, 0.717) is 22.4 Å². The predicted molar refractivity (Wildman–Crippen MR) is 128 cm³/mol. The van der Waals surface area contributed by atoms with Gasteiger partial charge in [-0.1, -0.05) is 41.6 Å². The zero-order valence-electron chi connectivity index (χ0n) is 18.2. The molecule has 1 aromatic heterocycles. The molecule has 0 atom stereocenters. The Morgan fingerprint density at radius 3 is 2.36 bits per heavy atom. The first kappa shape index (κ1) is 22.8. The van der Waals surface area contributed by atoms with Crippen LogP contribution >= 0.6 is 23.4 Å². The summed E-state index contributed by atoms with van der Waals surface area (Å²) in [7, 11) is 3.04. The predicted octanol–water partition coefficient (Wildman–Crippen LogP) is 6.22. The van der Waals surface area contributed by atoms with E-state index >= 15 is 0 Å². The van der Waals surface area contributed by atoms with Gasteiger partial charge in [-0.15, -0.1) is 0 Å². The van der Waals surface area contributed by atoms with Crippen LogP contribution in [0.4, 0.5) is 0 Å². The Morgan fingerprint density at radius 2 is 1.70 bits per heavy atom. The highest BCUT2D eigenvalue weighted by molar-refractivity contribution is 7.99. The maximum Gasteiger partial charge on any atom is 0.348 e. The third-order valence-corrected chi connectivity index (χ3v) is 6.25. The summed E-state index contributed by atoms with van der Waals surface area (Å²) in [5.74, 6) is 0.687. The van der Waals surface area contributed by atoms with Crippen molar-refractivity contribution < 1.29 is 19.0 Å². The molecule has 0 saturated carbocycles. The molecule has 0 amide bonds. The fourth-order valence-electron chi connectivity index (χ4n) is 3.17. The molecule has 33 heavy (non-hydrogen) atoms. The van der Waals surface area contributed by atoms with Crippen LogP contribution < -0.4 is 14.2 Å². The lowest BCUT2D eigenvalue weighted by molar-refractivity contribution is 0.0715. The maximum atomic E-state index is 13.2. The molecule has 0 bridgehead atoms. The van der Waals surface area contributed by atoms with Gasteiger partial charge in [-0.2, -0.15) is 9.78 Å². The number of hydrogen-bond acceptors (Lipinski definition) is 6. The summed E-state index contributed by atoms with van der Waals surface area (Å²) in [6.07, 6.45) is 0. The van der Waals surface area contributed by atoms with Gasteiger partial charge in [0.15, 0.2) is 0 Å². The number of hydrogen-bond donors (Lipinski definition) is 0. The van der Waals surface area contributed by atoms with Crippen LogP contribution in [-0.4, -0.2) is 30.0 Å². The minimum absolute atomic E-state index is 0.277. The highest BCUT2D eigenvalue weighted by atomic mass is 35.5. The van der Waals surface area contributed by atoms with E-state index < -0.39 is 5.97 Å². The number of esters is 1. The molecular formula is C25H21ClN2O4S. The molecule has 0 N–H and O–H groups in total. The molecule has 0 radical (unpaired) electrons. The summed E-state index contributed by atoms with van der Waals surface area (Å²) in [6, 6.07) is 21.9. The standard InChI is InChI=1S/C25H21ClN2O4S/c1-16-23(33-20-12-9-17(26)10-13-20)24(28(27-16)18-7-5-4-6-8-18)32-25(29)21-14-11-19(30-2)15-22(21)31-3/h4-15H,1-3H3. The van der Waals surface area contributed by atoms with E-state index in [1.54, 1.807) is 30.0 Å². The Bertz CT molecular complexity index is 1270. The summed E-state index contributed by atoms with van der Waals surface area (Å²) in [5.41, 5.74) is 1.77. The Hall–Kier alpha value is -3.42. The minimum Gasteiger partial charge on any atom is -0.497 e. The number of rotatable bonds is 7. The van der Waals surface area contributed by atoms with Gasteiger partial charge in [0.1, 0.15) is 17.1 Å². The second-order valence-electron chi connectivity index (χ2n) is 6.98. The molecule has 0 aliphatic carbocycles. The van der Waals surface area contributed by atoms with Crippen LogP contribution in [0.2, 0.25) is 5.02 Å². The molecule has 6 nitrogen and oxygen atoms in total. The molecule has 0 spiro atoms. The van der Waals surface area contributed by atoms with E-state index in [9.17, 15) is 4.79 Å². The first-order valence-electron chi connectivity index (χ1n) is 10.0. The van der Waals surface area contributed by atoms with E-state index in [2.05, 4.69) is 5.10 Å². The summed E-state index contributed by atoms with van der Waals surface area (Å²) in [5, 5.41) is 5.30. The Labute approximate surface area is 201 Å². The monoisotopic (exact) mass is 480 g/mol. The van der Waals surface area contributed by atoms with Crippen molar-refractivity contribution in [3.63, 3.8) is 0 Å². The van der Waals surface area contributed by atoms with Crippen LogP contribution in [0.15, 0.2) is 82.6 Å². The fraction of sp³-hybridized carbons (Fsp3) is 0.120. The Kier molecular flexibility index (Phi) is 6.91. The van der Waals surface area contributed by atoms with Gasteiger partial charge in [0.25, 0.3) is 0 Å². The molecule has 4 rings (SSSR count). The molecule has 1 heterocycles. The lowest BCUT2D eigenvalue weighted by atomic mass is 10.2. The van der Waals surface area contributed by atoms with Gasteiger partial charge in [0.05, 0.1) is 30.5 Å². The molecule has 3 aromatic carbocycles. The summed E-state index contributed by atoms with van der Waals surface area (Å²) >= 11 is 7.48. The van der Waals surface area contributed by atoms with Crippen LogP contribution in [0.1, 0.15) is 16.1 Å². The topological polar surface area (TPSA) is 62.6 Å². The number of aromatic nitrogens is 2. The molecule has 168 valence electrons. The number of halogens is 1. The largest absolute Gasteiger partial charge is 0.497 e. The van der Waals surface area contributed by atoms with Crippen LogP contribution in [-0.2, 0) is 0 Å². The maximum absolute atomic E-state index is 13.2. The van der Waals surface area contributed by atoms with Crippen molar-refractivity contribution in [1.29, 1.82) is 0 Å². The van der Waals surface area contributed by atoms with Crippen molar-refractivity contribution in [2.75, 3.05) is 14.2 Å². The summed E-state index contributed by atoms with van der Waals surface area (Å²) in [6.45, 7) is 1.88. The second-order valence-corrected chi connectivity index (χ2v) is 8.50. The van der Waals surface area contributed by atoms with Crippen molar-refractivity contribution in [3.05, 3.63) is 89.1 Å². The number of methoxy groups -OCH3 is 2. The normalized spacial score (nSPS) is 10.7. The van der Waals surface area contributed by atoms with E-state index in [1.807, 2.05) is 61.5 Å². The van der Waals surface area contributed by atoms with Crippen LogP contribution in [0, 0.1) is 6.92 Å². The lowest BCUT2D eigenvalue weighted by Gasteiger charge is -2.12. The molecule has 4 aromatic rings. The van der Waals surface area contributed by atoms with Gasteiger partial charge in [-0.25, -0.2) is 4.79 Å². The van der Waals surface area contributed by atoms with Crippen molar-refractivity contribution in [3.8, 4) is 23.1 Å². The van der Waals surface area contributed by atoms with E-state index in [0.717, 1.165) is 21.2 Å². The quantitative estimate of drug-likeness (QED) is 0.292. The third kappa shape index (κ3) is 4.99. The van der Waals surface area contributed by atoms with Gasteiger partial charge >= 0.3 is 5.97 Å². The summed E-state index contributed by atoms with van der Waals surface area (Å²) < 4.78 is 18.2. The highest BCUT2D eigenvalue weighted by Crippen LogP contribution is 2.40. The molecule has 8 heteroatoms. The molecule has 0 unspecified atom stereocenters. The Balaban J connectivity index is 1.76. The van der Waals surface area contributed by atoms with Gasteiger partial charge in [-0.3, -0.25) is 0 Å². The van der Waals surface area contributed by atoms with E-state index in [-0.39, 0.29) is 5.56 Å². The van der Waals surface area contributed by atoms with Crippen LogP contribution in [0.25, 0.3) is 5.69 Å². The van der Waals surface area contributed by atoms with E-state index in [1.165, 1.54) is 18.9 Å². The number of ether oxygens (including phenoxy) is 3. The zero-order valence-corrected chi connectivity index (χ0v) is 19.8. The van der Waals surface area contributed by atoms with Gasteiger partial charge < -0.3 is 14.2 Å². The van der Waals surface area contributed by atoms with E-state index in [4.69, 9.17) is 25.8 Å². The smallest absolute Gasteiger partial charge is 0.348 e. The first-order chi connectivity index (χ1) is 16.0. The third-order valence-electron chi connectivity index (χ3n) is 4.82. The van der Waals surface area contributed by atoms with Crippen molar-refractivity contribution >= 4 is 29.3 Å². The van der Waals surface area contributed by atoms with Crippen molar-refractivity contribution in [2.45, 2.75) is 16.7 Å². The number of nitrogens with zero attached hydrogens (tertiary/aromatic N) is 2. The summed E-state index contributed by atoms with van der Waals surface area (Å²) in [4.78, 5) is 14.9. The number of aryl methyl sites for hydroxylation is 1. The average Bonchev–Trinajstić information content (AvgIpc) is 3.15. The zero-order chi connectivity index (χ0) is 23.4. The molecule has 0 saturated heterocycles. The van der Waals surface area contributed by atoms with Crippen molar-refractivity contribution in [1.82, 2.24) is 9.78 Å². The van der Waals surface area contributed by atoms with Crippen molar-refractivity contribution in [2.24, 2.45) is 0 Å². The van der Waals surface area contributed by atoms with Gasteiger partial charge in [0.2, 0.25) is 5.88 Å². The fourth-order valence-corrected chi connectivity index (χ4v) is 4.21. The lowest BCUT2D eigenvalue weighted by Crippen LogP contribution is -2.13. The minimum atomic E-state index is -0.565. The Morgan fingerprint density at radius 1 is 0.970 bits per heavy atom. The second kappa shape index (κ2) is 10.0. The molecule has 0 aliphatic rings. The number of benzene rings is 3. The van der Waals surface area contributed by atoms with Crippen LogP contribution in [0.3, 0.4) is 0 Å². The highest BCUT2D eigenvalue weighted by Gasteiger charge is 2.24. The van der Waals surface area contributed by atoms with Crippen LogP contribution in [0.5, 0.6) is 17.4 Å². The number of carbonyl (C=O) groups excluding carboxylic acids is 1. The number of para-hydroxylation sites is 1. The van der Waals surface area contributed by atoms with Gasteiger partial charge in [-0.05, 0) is 55.5 Å². The average molecular weight is 481 g/mol. The SMILES string of the molecule is COc1ccc(C(=O)Oc2c(Sc3ccc(Cl)cc3)c(C)nn2-c2ccccc2)c(OC)c1. The molecular weight excluding hydrogens is 460 g/mol. The van der Waals surface area contributed by atoms with Gasteiger partial charge in [0, 0.05) is 16.0 Å². The number of carbonyl (C=O) groups is 1. The first-order valence-corrected chi connectivity index (χ1v) is 11.2. The molecule has 0 fully saturated rings. The molecule has 0 aliphatic heterocycles.